The van der Waals surface area contributed by atoms with Crippen LogP contribution in [-0.2, 0) is 9.53 Å². The van der Waals surface area contributed by atoms with Crippen LogP contribution in [0, 0.1) is 0 Å². The van der Waals surface area contributed by atoms with Gasteiger partial charge in [-0.3, -0.25) is 4.79 Å². The van der Waals surface area contributed by atoms with Crippen LogP contribution in [0.25, 0.3) is 0 Å². The molecule has 0 radical (unpaired) electrons. The van der Waals surface area contributed by atoms with Gasteiger partial charge in [-0.15, -0.1) is 0 Å². The quantitative estimate of drug-likeness (QED) is 0.519. The molecule has 1 amide bonds. The molecule has 2 N–H and O–H groups in total. The lowest BCUT2D eigenvalue weighted by Crippen LogP contribution is -2.32. The van der Waals surface area contributed by atoms with Crippen molar-refractivity contribution >= 4 is 5.91 Å². The van der Waals surface area contributed by atoms with Crippen LogP contribution in [0.15, 0.2) is 0 Å². The fraction of sp³-hybridized carbons (Fsp3) is 0.857. The number of aliphatic hydroxyl groups excluding tert-OH is 2. The molecule has 0 bridgehead atoms. The topological polar surface area (TPSA) is 70.0 Å². The first kappa shape index (κ1) is 9.44. The Morgan fingerprint density at radius 2 is 2.00 bits per heavy atom. The lowest BCUT2D eigenvalue weighted by molar-refractivity contribution is -0.134. The van der Waals surface area contributed by atoms with Gasteiger partial charge in [-0.05, 0) is 0 Å². The SMILES string of the molecule is COCC(=O)N1C[C@@H](O)[C@@H](O)C1. The summed E-state index contributed by atoms with van der Waals surface area (Å²) < 4.78 is 4.63. The average Bonchev–Trinajstić information content (AvgIpc) is 2.33. The molecule has 0 unspecified atom stereocenters. The van der Waals surface area contributed by atoms with Crippen LogP contribution in [0.3, 0.4) is 0 Å². The molecule has 1 heterocycles. The van der Waals surface area contributed by atoms with Crippen LogP contribution < -0.4 is 0 Å². The smallest absolute Gasteiger partial charge is 0.248 e. The van der Waals surface area contributed by atoms with E-state index in [1.54, 1.807) is 0 Å². The molecule has 70 valence electrons. The Balaban J connectivity index is 2.40. The van der Waals surface area contributed by atoms with Crippen molar-refractivity contribution in [2.75, 3.05) is 26.8 Å². The van der Waals surface area contributed by atoms with Gasteiger partial charge in [-0.2, -0.15) is 0 Å². The van der Waals surface area contributed by atoms with Crippen LogP contribution in [0.4, 0.5) is 0 Å². The number of likely N-dealkylation sites (tertiary alicyclic amines) is 1. The van der Waals surface area contributed by atoms with Crippen LogP contribution >= 0.6 is 0 Å². The third kappa shape index (κ3) is 1.94. The number of hydrogen-bond donors (Lipinski definition) is 2. The Kier molecular flexibility index (Phi) is 3.02. The molecule has 12 heavy (non-hydrogen) atoms. The molecule has 1 fully saturated rings. The van der Waals surface area contributed by atoms with Gasteiger partial charge in [0.05, 0.1) is 12.2 Å². The van der Waals surface area contributed by atoms with Crippen molar-refractivity contribution in [2.24, 2.45) is 0 Å². The van der Waals surface area contributed by atoms with Crippen LogP contribution in [-0.4, -0.2) is 60.0 Å². The minimum atomic E-state index is -0.814. The molecule has 1 aliphatic heterocycles. The zero-order valence-electron chi connectivity index (χ0n) is 6.93. The van der Waals surface area contributed by atoms with Gasteiger partial charge in [0.15, 0.2) is 0 Å². The molecular weight excluding hydrogens is 162 g/mol. The van der Waals surface area contributed by atoms with Crippen molar-refractivity contribution in [1.82, 2.24) is 4.90 Å². The number of carbonyl (C=O) groups excluding carboxylic acids is 1. The van der Waals surface area contributed by atoms with Crippen molar-refractivity contribution in [1.29, 1.82) is 0 Å². The molecule has 5 heteroatoms. The summed E-state index contributed by atoms with van der Waals surface area (Å²) in [6, 6.07) is 0. The molecule has 0 spiro atoms. The van der Waals surface area contributed by atoms with Gasteiger partial charge in [0.25, 0.3) is 0 Å². The fourth-order valence-corrected chi connectivity index (χ4v) is 1.19. The Bertz CT molecular complexity index is 163. The number of methoxy groups -OCH3 is 1. The average molecular weight is 175 g/mol. The molecule has 5 nitrogen and oxygen atoms in total. The highest BCUT2D eigenvalue weighted by atomic mass is 16.5. The summed E-state index contributed by atoms with van der Waals surface area (Å²) in [7, 11) is 1.43. The van der Waals surface area contributed by atoms with Crippen molar-refractivity contribution in [3.8, 4) is 0 Å². The van der Waals surface area contributed by atoms with Gasteiger partial charge in [0, 0.05) is 20.2 Å². The molecular formula is C7H13NO4. The zero-order valence-corrected chi connectivity index (χ0v) is 6.93. The second kappa shape index (κ2) is 3.84. The van der Waals surface area contributed by atoms with Crippen LogP contribution in [0.1, 0.15) is 0 Å². The monoisotopic (exact) mass is 175 g/mol. The van der Waals surface area contributed by atoms with E-state index in [1.165, 1.54) is 12.0 Å². The second-order valence-electron chi connectivity index (χ2n) is 2.87. The Labute approximate surface area is 70.5 Å². The van der Waals surface area contributed by atoms with Gasteiger partial charge >= 0.3 is 0 Å². The first-order chi connectivity index (χ1) is 5.65. The Morgan fingerprint density at radius 3 is 2.42 bits per heavy atom. The van der Waals surface area contributed by atoms with Gasteiger partial charge in [0.2, 0.25) is 5.91 Å². The molecule has 0 aliphatic carbocycles. The summed E-state index contributed by atoms with van der Waals surface area (Å²) in [5, 5.41) is 18.2. The van der Waals surface area contributed by atoms with Crippen molar-refractivity contribution in [3.63, 3.8) is 0 Å². The van der Waals surface area contributed by atoms with E-state index in [9.17, 15) is 4.79 Å². The Morgan fingerprint density at radius 1 is 1.50 bits per heavy atom. The number of carbonyl (C=O) groups is 1. The third-order valence-electron chi connectivity index (χ3n) is 1.88. The predicted octanol–water partition coefficient (Wildman–Crippen LogP) is -1.80. The predicted molar refractivity (Wildman–Crippen MR) is 40.5 cm³/mol. The van der Waals surface area contributed by atoms with Crippen molar-refractivity contribution < 1.29 is 19.7 Å². The van der Waals surface area contributed by atoms with Crippen LogP contribution in [0.2, 0.25) is 0 Å². The van der Waals surface area contributed by atoms with E-state index in [4.69, 9.17) is 10.2 Å². The number of β-amino-alcohol motifs (C(OH)–C–C–N with tert-alkyl or cyclic N) is 2. The van der Waals surface area contributed by atoms with E-state index >= 15 is 0 Å². The van der Waals surface area contributed by atoms with Gasteiger partial charge in [0.1, 0.15) is 6.61 Å². The van der Waals surface area contributed by atoms with E-state index in [2.05, 4.69) is 4.74 Å². The minimum absolute atomic E-state index is 0.000556. The summed E-state index contributed by atoms with van der Waals surface area (Å²) in [4.78, 5) is 12.5. The third-order valence-corrected chi connectivity index (χ3v) is 1.88. The molecule has 0 aromatic rings. The maximum atomic E-state index is 11.1. The molecule has 0 aromatic heterocycles. The Hall–Kier alpha value is -0.650. The first-order valence-corrected chi connectivity index (χ1v) is 3.78. The summed E-state index contributed by atoms with van der Waals surface area (Å²) >= 11 is 0. The molecule has 1 saturated heterocycles. The minimum Gasteiger partial charge on any atom is -0.388 e. The molecule has 1 rings (SSSR count). The maximum absolute atomic E-state index is 11.1. The standard InChI is InChI=1S/C7H13NO4/c1-12-4-7(11)8-2-5(9)6(10)3-8/h5-6,9-10H,2-4H2,1H3/t5-,6+. The number of amides is 1. The first-order valence-electron chi connectivity index (χ1n) is 3.78. The highest BCUT2D eigenvalue weighted by Crippen LogP contribution is 2.09. The van der Waals surface area contributed by atoms with E-state index in [1.807, 2.05) is 0 Å². The van der Waals surface area contributed by atoms with Crippen molar-refractivity contribution in [3.05, 3.63) is 0 Å². The van der Waals surface area contributed by atoms with E-state index in [-0.39, 0.29) is 25.6 Å². The summed E-state index contributed by atoms with van der Waals surface area (Å²) in [6.07, 6.45) is -1.63. The van der Waals surface area contributed by atoms with Gasteiger partial charge in [-0.1, -0.05) is 0 Å². The lowest BCUT2D eigenvalue weighted by Gasteiger charge is -2.13. The number of ether oxygens (including phenoxy) is 1. The maximum Gasteiger partial charge on any atom is 0.248 e. The van der Waals surface area contributed by atoms with Gasteiger partial charge in [-0.25, -0.2) is 0 Å². The second-order valence-corrected chi connectivity index (χ2v) is 2.87. The largest absolute Gasteiger partial charge is 0.388 e. The number of rotatable bonds is 2. The zero-order chi connectivity index (χ0) is 9.14. The number of nitrogens with zero attached hydrogens (tertiary/aromatic N) is 1. The number of aliphatic hydroxyl groups is 2. The summed E-state index contributed by atoms with van der Waals surface area (Å²) in [5.74, 6) is -0.201. The molecule has 0 saturated carbocycles. The highest BCUT2D eigenvalue weighted by Gasteiger charge is 2.32. The van der Waals surface area contributed by atoms with Gasteiger partial charge < -0.3 is 19.8 Å². The lowest BCUT2D eigenvalue weighted by atomic mass is 10.3. The molecule has 1 aliphatic rings. The molecule has 2 atom stereocenters. The highest BCUT2D eigenvalue weighted by molar-refractivity contribution is 5.77. The molecule has 0 aromatic carbocycles. The normalized spacial score (nSPS) is 29.4. The van der Waals surface area contributed by atoms with E-state index in [0.29, 0.717) is 0 Å². The van der Waals surface area contributed by atoms with Crippen molar-refractivity contribution in [2.45, 2.75) is 12.2 Å². The van der Waals surface area contributed by atoms with E-state index < -0.39 is 12.2 Å². The summed E-state index contributed by atoms with van der Waals surface area (Å²) in [5.41, 5.74) is 0. The fourth-order valence-electron chi connectivity index (χ4n) is 1.19. The number of hydrogen-bond acceptors (Lipinski definition) is 4. The van der Waals surface area contributed by atoms with Crippen LogP contribution in [0.5, 0.6) is 0 Å². The summed E-state index contributed by atoms with van der Waals surface area (Å²) in [6.45, 7) is 0.395. The van der Waals surface area contributed by atoms with E-state index in [0.717, 1.165) is 0 Å².